The van der Waals surface area contributed by atoms with Gasteiger partial charge in [-0.1, -0.05) is 0 Å². The van der Waals surface area contributed by atoms with Crippen LogP contribution >= 0.6 is 0 Å². The molecule has 0 aliphatic carbocycles. The fourth-order valence-corrected chi connectivity index (χ4v) is 3.14. The van der Waals surface area contributed by atoms with Crippen LogP contribution in [0.3, 0.4) is 0 Å². The van der Waals surface area contributed by atoms with Gasteiger partial charge in [0.05, 0.1) is 6.42 Å². The summed E-state index contributed by atoms with van der Waals surface area (Å²) in [5.74, 6) is 0.605. The van der Waals surface area contributed by atoms with Gasteiger partial charge in [0, 0.05) is 48.8 Å². The third kappa shape index (κ3) is 3.90. The molecule has 1 aliphatic rings. The Hall–Kier alpha value is -2.61. The molecule has 0 saturated carbocycles. The normalized spacial score (nSPS) is 20.5. The maximum Gasteiger partial charge on any atom is 0.255 e. The van der Waals surface area contributed by atoms with Crippen LogP contribution in [0.1, 0.15) is 25.1 Å². The van der Waals surface area contributed by atoms with Crippen molar-refractivity contribution in [1.29, 1.82) is 0 Å². The van der Waals surface area contributed by atoms with Crippen molar-refractivity contribution in [1.82, 2.24) is 30.2 Å². The van der Waals surface area contributed by atoms with Crippen molar-refractivity contribution in [3.63, 3.8) is 0 Å². The smallest absolute Gasteiger partial charge is 0.255 e. The number of aryl methyl sites for hydroxylation is 1. The number of aromatic amines is 1. The van der Waals surface area contributed by atoms with Crippen molar-refractivity contribution < 1.29 is 4.79 Å². The molecule has 1 amide bonds. The van der Waals surface area contributed by atoms with Gasteiger partial charge < -0.3 is 15.2 Å². The number of aromatic nitrogens is 4. The van der Waals surface area contributed by atoms with E-state index in [4.69, 9.17) is 0 Å². The number of piperazine rings is 1. The van der Waals surface area contributed by atoms with Crippen molar-refractivity contribution in [3.05, 3.63) is 40.1 Å². The first kappa shape index (κ1) is 17.2. The van der Waals surface area contributed by atoms with Crippen LogP contribution < -0.4 is 10.9 Å². The Labute approximate surface area is 145 Å². The molecule has 8 heteroatoms. The number of nitrogens with zero attached hydrogens (tertiary/aromatic N) is 4. The van der Waals surface area contributed by atoms with E-state index in [1.54, 1.807) is 30.3 Å². The van der Waals surface area contributed by atoms with E-state index in [1.165, 1.54) is 0 Å². The number of carbonyl (C=O) groups is 1. The highest BCUT2D eigenvalue weighted by Gasteiger charge is 2.26. The van der Waals surface area contributed by atoms with Gasteiger partial charge in [-0.15, -0.1) is 0 Å². The summed E-state index contributed by atoms with van der Waals surface area (Å²) >= 11 is 0. The number of nitrogens with one attached hydrogen (secondary N) is 2. The number of amides is 1. The van der Waals surface area contributed by atoms with Crippen molar-refractivity contribution in [2.24, 2.45) is 0 Å². The minimum Gasteiger partial charge on any atom is -0.339 e. The molecule has 2 atom stereocenters. The molecule has 3 rings (SSSR count). The first-order valence-electron chi connectivity index (χ1n) is 8.35. The fraction of sp³-hybridized carbons (Fsp3) is 0.471. The largest absolute Gasteiger partial charge is 0.339 e. The Morgan fingerprint density at radius 1 is 1.24 bits per heavy atom. The van der Waals surface area contributed by atoms with Gasteiger partial charge in [0.2, 0.25) is 5.91 Å². The molecule has 0 radical (unpaired) electrons. The monoisotopic (exact) mass is 342 g/mol. The first-order chi connectivity index (χ1) is 11.9. The quantitative estimate of drug-likeness (QED) is 0.831. The molecule has 8 nitrogen and oxygen atoms in total. The Bertz CT molecular complexity index is 810. The van der Waals surface area contributed by atoms with E-state index in [2.05, 4.69) is 25.3 Å². The minimum absolute atomic E-state index is 0.0452. The van der Waals surface area contributed by atoms with Gasteiger partial charge in [0.25, 0.3) is 5.56 Å². The van der Waals surface area contributed by atoms with Crippen molar-refractivity contribution in [3.8, 4) is 11.6 Å². The maximum absolute atomic E-state index is 12.6. The van der Waals surface area contributed by atoms with Crippen molar-refractivity contribution >= 4 is 5.91 Å². The summed E-state index contributed by atoms with van der Waals surface area (Å²) in [6.07, 6.45) is 3.22. The van der Waals surface area contributed by atoms with Gasteiger partial charge in [0.15, 0.2) is 11.6 Å². The number of rotatable bonds is 3. The SMILES string of the molecule is Cc1nc(-c2ncccn2)[nH]c(=O)c1CC(=O)N1CC(C)NC(C)C1. The predicted octanol–water partition coefficient (Wildman–Crippen LogP) is 0.287. The first-order valence-corrected chi connectivity index (χ1v) is 8.35. The lowest BCUT2D eigenvalue weighted by Gasteiger charge is -2.36. The number of hydrogen-bond donors (Lipinski definition) is 2. The molecule has 2 N–H and O–H groups in total. The summed E-state index contributed by atoms with van der Waals surface area (Å²) in [7, 11) is 0. The molecule has 0 aromatic carbocycles. The van der Waals surface area contributed by atoms with Crippen molar-refractivity contribution in [2.75, 3.05) is 13.1 Å². The van der Waals surface area contributed by atoms with Gasteiger partial charge in [0.1, 0.15) is 0 Å². The zero-order valence-corrected chi connectivity index (χ0v) is 14.6. The molecule has 132 valence electrons. The fourth-order valence-electron chi connectivity index (χ4n) is 3.14. The highest BCUT2D eigenvalue weighted by molar-refractivity contribution is 5.79. The summed E-state index contributed by atoms with van der Waals surface area (Å²) in [6, 6.07) is 2.17. The molecule has 1 aliphatic heterocycles. The molecule has 1 fully saturated rings. The Morgan fingerprint density at radius 2 is 1.88 bits per heavy atom. The van der Waals surface area contributed by atoms with Crippen LogP contribution in [0.2, 0.25) is 0 Å². The van der Waals surface area contributed by atoms with Crippen LogP contribution in [0.4, 0.5) is 0 Å². The lowest BCUT2D eigenvalue weighted by Crippen LogP contribution is -2.56. The second-order valence-electron chi connectivity index (χ2n) is 6.50. The third-order valence-corrected chi connectivity index (χ3v) is 4.24. The molecule has 1 saturated heterocycles. The van der Waals surface area contributed by atoms with E-state index in [0.29, 0.717) is 36.0 Å². The van der Waals surface area contributed by atoms with Crippen molar-refractivity contribution in [2.45, 2.75) is 39.3 Å². The van der Waals surface area contributed by atoms with E-state index >= 15 is 0 Å². The van der Waals surface area contributed by atoms with Crippen LogP contribution in [0.15, 0.2) is 23.3 Å². The van der Waals surface area contributed by atoms with Gasteiger partial charge in [-0.2, -0.15) is 0 Å². The van der Waals surface area contributed by atoms with Crippen LogP contribution in [0.5, 0.6) is 0 Å². The zero-order valence-electron chi connectivity index (χ0n) is 14.6. The highest BCUT2D eigenvalue weighted by Crippen LogP contribution is 2.11. The van der Waals surface area contributed by atoms with Crippen LogP contribution in [-0.2, 0) is 11.2 Å². The highest BCUT2D eigenvalue weighted by atomic mass is 16.2. The van der Waals surface area contributed by atoms with Gasteiger partial charge in [-0.25, -0.2) is 15.0 Å². The molecular formula is C17H22N6O2. The molecular weight excluding hydrogens is 320 g/mol. The topological polar surface area (TPSA) is 104 Å². The number of carbonyl (C=O) groups excluding carboxylic acids is 1. The van der Waals surface area contributed by atoms with E-state index < -0.39 is 0 Å². The maximum atomic E-state index is 12.6. The molecule has 2 aromatic rings. The summed E-state index contributed by atoms with van der Waals surface area (Å²) < 4.78 is 0. The molecule has 2 aromatic heterocycles. The predicted molar refractivity (Wildman–Crippen MR) is 93.0 cm³/mol. The summed E-state index contributed by atoms with van der Waals surface area (Å²) in [5, 5.41) is 3.39. The van der Waals surface area contributed by atoms with Crippen LogP contribution in [-0.4, -0.2) is 55.9 Å². The lowest BCUT2D eigenvalue weighted by molar-refractivity contribution is -0.132. The van der Waals surface area contributed by atoms with Gasteiger partial charge >= 0.3 is 0 Å². The summed E-state index contributed by atoms with van der Waals surface area (Å²) in [5.41, 5.74) is 0.596. The second kappa shape index (κ2) is 7.10. The number of H-pyrrole nitrogens is 1. The third-order valence-electron chi connectivity index (χ3n) is 4.24. The zero-order chi connectivity index (χ0) is 18.0. The van der Waals surface area contributed by atoms with Gasteiger partial charge in [-0.05, 0) is 26.8 Å². The van der Waals surface area contributed by atoms with E-state index in [9.17, 15) is 9.59 Å². The van der Waals surface area contributed by atoms with Crippen LogP contribution in [0, 0.1) is 6.92 Å². The molecule has 0 spiro atoms. The molecule has 0 bridgehead atoms. The number of hydrogen-bond acceptors (Lipinski definition) is 6. The Kier molecular flexibility index (Phi) is 4.89. The van der Waals surface area contributed by atoms with E-state index in [-0.39, 0.29) is 30.0 Å². The average molecular weight is 342 g/mol. The standard InChI is InChI=1S/C17H22N6O2/c1-10-8-23(9-11(2)20-10)14(24)7-13-12(3)21-16(22-17(13)25)15-18-5-4-6-19-15/h4-6,10-11,20H,7-9H2,1-3H3,(H,21,22,25). The van der Waals surface area contributed by atoms with E-state index in [0.717, 1.165) is 0 Å². The Morgan fingerprint density at radius 3 is 2.48 bits per heavy atom. The molecule has 3 heterocycles. The Balaban J connectivity index is 1.81. The summed E-state index contributed by atoms with van der Waals surface area (Å²) in [6.45, 7) is 7.11. The van der Waals surface area contributed by atoms with Gasteiger partial charge in [-0.3, -0.25) is 9.59 Å². The second-order valence-corrected chi connectivity index (χ2v) is 6.50. The lowest BCUT2D eigenvalue weighted by atomic mass is 10.1. The molecule has 25 heavy (non-hydrogen) atoms. The molecule has 2 unspecified atom stereocenters. The minimum atomic E-state index is -0.320. The van der Waals surface area contributed by atoms with E-state index in [1.807, 2.05) is 13.8 Å². The van der Waals surface area contributed by atoms with Crippen LogP contribution in [0.25, 0.3) is 11.6 Å². The summed E-state index contributed by atoms with van der Waals surface area (Å²) in [4.78, 5) is 42.1. The average Bonchev–Trinajstić information content (AvgIpc) is 2.57.